The second-order valence-electron chi connectivity index (χ2n) is 6.13. The summed E-state index contributed by atoms with van der Waals surface area (Å²) in [5, 5.41) is 8.54. The predicted molar refractivity (Wildman–Crippen MR) is 107 cm³/mol. The molecule has 0 spiro atoms. The van der Waals surface area contributed by atoms with Gasteiger partial charge in [0.15, 0.2) is 6.61 Å². The molecule has 6 nitrogen and oxygen atoms in total. The number of carbonyl (C=O) groups excluding carboxylic acids is 2. The van der Waals surface area contributed by atoms with E-state index in [0.717, 1.165) is 22.9 Å². The molecule has 2 aromatic rings. The first-order valence-corrected chi connectivity index (χ1v) is 9.48. The van der Waals surface area contributed by atoms with Crippen LogP contribution in [0, 0.1) is 6.92 Å². The summed E-state index contributed by atoms with van der Waals surface area (Å²) in [6.45, 7) is 1.68. The number of hydrogen-bond donors (Lipinski definition) is 1. The first-order valence-electron chi connectivity index (χ1n) is 8.28. The molecular weight excluding hydrogens is 402 g/mol. The molecule has 28 heavy (non-hydrogen) atoms. The summed E-state index contributed by atoms with van der Waals surface area (Å²) in [6.07, 6.45) is 1.58. The van der Waals surface area contributed by atoms with Crippen LogP contribution >= 0.6 is 23.4 Å². The Morgan fingerprint density at radius 3 is 2.57 bits per heavy atom. The molecule has 8 heteroatoms. The maximum absolute atomic E-state index is 12.6. The third-order valence-electron chi connectivity index (χ3n) is 3.94. The molecule has 0 atom stereocenters. The van der Waals surface area contributed by atoms with Crippen molar-refractivity contribution in [2.24, 2.45) is 0 Å². The molecule has 1 N–H and O–H groups in total. The zero-order chi connectivity index (χ0) is 20.3. The molecule has 1 fully saturated rings. The van der Waals surface area contributed by atoms with Crippen LogP contribution in [-0.4, -0.2) is 33.7 Å². The van der Waals surface area contributed by atoms with Gasteiger partial charge in [-0.05, 0) is 48.0 Å². The number of amides is 2. The standard InChI is InChI=1S/C20H16ClNO5S/c1-12-2-4-13(5-3-12)10-22-19(25)17(28-20(22)26)9-14-6-7-16(15(21)8-14)27-11-18(23)24/h2-9H,10-11H2,1H3,(H,23,24)/b17-9-. The number of benzene rings is 2. The Kier molecular flexibility index (Phi) is 6.06. The van der Waals surface area contributed by atoms with Gasteiger partial charge in [-0.2, -0.15) is 0 Å². The number of carboxylic acid groups (broad SMARTS) is 1. The summed E-state index contributed by atoms with van der Waals surface area (Å²) >= 11 is 6.97. The van der Waals surface area contributed by atoms with Crippen molar-refractivity contribution in [3.05, 3.63) is 69.1 Å². The Balaban J connectivity index is 1.75. The number of hydrogen-bond acceptors (Lipinski definition) is 5. The van der Waals surface area contributed by atoms with E-state index in [9.17, 15) is 14.4 Å². The number of halogens is 1. The van der Waals surface area contributed by atoms with Crippen LogP contribution in [0.5, 0.6) is 5.75 Å². The Bertz CT molecular complexity index is 971. The average molecular weight is 418 g/mol. The van der Waals surface area contributed by atoms with Crippen molar-refractivity contribution in [2.45, 2.75) is 13.5 Å². The molecule has 0 bridgehead atoms. The predicted octanol–water partition coefficient (Wildman–Crippen LogP) is 4.35. The van der Waals surface area contributed by atoms with Crippen molar-refractivity contribution in [1.29, 1.82) is 0 Å². The number of aliphatic carboxylic acids is 1. The molecule has 144 valence electrons. The fraction of sp³-hybridized carbons (Fsp3) is 0.150. The zero-order valence-electron chi connectivity index (χ0n) is 14.8. The SMILES string of the molecule is Cc1ccc(CN2C(=O)S/C(=C\c3ccc(OCC(=O)O)c(Cl)c3)C2=O)cc1. The van der Waals surface area contributed by atoms with E-state index in [0.29, 0.717) is 10.5 Å². The molecule has 2 amide bonds. The monoisotopic (exact) mass is 417 g/mol. The molecule has 1 saturated heterocycles. The highest BCUT2D eigenvalue weighted by Gasteiger charge is 2.34. The van der Waals surface area contributed by atoms with Crippen LogP contribution in [0.15, 0.2) is 47.4 Å². The lowest BCUT2D eigenvalue weighted by atomic mass is 10.1. The molecule has 0 saturated carbocycles. The minimum Gasteiger partial charge on any atom is -0.480 e. The van der Waals surface area contributed by atoms with Gasteiger partial charge >= 0.3 is 5.97 Å². The van der Waals surface area contributed by atoms with Crippen LogP contribution in [-0.2, 0) is 16.1 Å². The van der Waals surface area contributed by atoms with Crippen LogP contribution < -0.4 is 4.74 Å². The minimum atomic E-state index is -1.11. The normalized spacial score (nSPS) is 15.4. The van der Waals surface area contributed by atoms with Gasteiger partial charge in [0.1, 0.15) is 5.75 Å². The summed E-state index contributed by atoms with van der Waals surface area (Å²) < 4.78 is 5.07. The second-order valence-corrected chi connectivity index (χ2v) is 7.53. The maximum atomic E-state index is 12.6. The first kappa shape index (κ1) is 20.0. The third-order valence-corrected chi connectivity index (χ3v) is 5.14. The lowest BCUT2D eigenvalue weighted by Crippen LogP contribution is -2.27. The van der Waals surface area contributed by atoms with Crippen LogP contribution in [0.1, 0.15) is 16.7 Å². The van der Waals surface area contributed by atoms with Crippen molar-refractivity contribution in [1.82, 2.24) is 4.90 Å². The van der Waals surface area contributed by atoms with Crippen LogP contribution in [0.25, 0.3) is 6.08 Å². The van der Waals surface area contributed by atoms with Gasteiger partial charge < -0.3 is 9.84 Å². The number of thioether (sulfide) groups is 1. The molecule has 1 heterocycles. The summed E-state index contributed by atoms with van der Waals surface area (Å²) in [6, 6.07) is 12.3. The Hall–Kier alpha value is -2.77. The lowest BCUT2D eigenvalue weighted by Gasteiger charge is -2.12. The van der Waals surface area contributed by atoms with Crippen molar-refractivity contribution >= 4 is 46.6 Å². The van der Waals surface area contributed by atoms with Crippen molar-refractivity contribution in [3.8, 4) is 5.75 Å². The van der Waals surface area contributed by atoms with E-state index in [-0.39, 0.29) is 28.5 Å². The van der Waals surface area contributed by atoms with E-state index >= 15 is 0 Å². The molecule has 0 aliphatic carbocycles. The number of imide groups is 1. The maximum Gasteiger partial charge on any atom is 0.341 e. The van der Waals surface area contributed by atoms with Crippen LogP contribution in [0.4, 0.5) is 4.79 Å². The van der Waals surface area contributed by atoms with E-state index in [1.807, 2.05) is 31.2 Å². The molecule has 0 aromatic heterocycles. The van der Waals surface area contributed by atoms with E-state index in [2.05, 4.69) is 0 Å². The fourth-order valence-corrected chi connectivity index (χ4v) is 3.61. The van der Waals surface area contributed by atoms with E-state index < -0.39 is 12.6 Å². The average Bonchev–Trinajstić information content (AvgIpc) is 2.90. The van der Waals surface area contributed by atoms with Gasteiger partial charge in [0, 0.05) is 0 Å². The van der Waals surface area contributed by atoms with Crippen LogP contribution in [0.2, 0.25) is 5.02 Å². The zero-order valence-corrected chi connectivity index (χ0v) is 16.4. The smallest absolute Gasteiger partial charge is 0.341 e. The van der Waals surface area contributed by atoms with Gasteiger partial charge in [-0.15, -0.1) is 0 Å². The Morgan fingerprint density at radius 1 is 1.21 bits per heavy atom. The number of carboxylic acids is 1. The van der Waals surface area contributed by atoms with Crippen LogP contribution in [0.3, 0.4) is 0 Å². The Morgan fingerprint density at radius 2 is 1.93 bits per heavy atom. The summed E-state index contributed by atoms with van der Waals surface area (Å²) in [4.78, 5) is 36.9. The second kappa shape index (κ2) is 8.50. The molecule has 0 radical (unpaired) electrons. The largest absolute Gasteiger partial charge is 0.480 e. The quantitative estimate of drug-likeness (QED) is 0.703. The van der Waals surface area contributed by atoms with Gasteiger partial charge in [-0.3, -0.25) is 14.5 Å². The number of carbonyl (C=O) groups is 3. The van der Waals surface area contributed by atoms with Crippen molar-refractivity contribution in [2.75, 3.05) is 6.61 Å². The van der Waals surface area contributed by atoms with Gasteiger partial charge in [0.05, 0.1) is 16.5 Å². The van der Waals surface area contributed by atoms with Gasteiger partial charge in [-0.1, -0.05) is 47.5 Å². The van der Waals surface area contributed by atoms with Gasteiger partial charge in [0.25, 0.3) is 11.1 Å². The highest BCUT2D eigenvalue weighted by molar-refractivity contribution is 8.18. The molecule has 0 unspecified atom stereocenters. The fourth-order valence-electron chi connectivity index (χ4n) is 2.53. The van der Waals surface area contributed by atoms with Crippen molar-refractivity contribution in [3.63, 3.8) is 0 Å². The number of nitrogens with zero attached hydrogens (tertiary/aromatic N) is 1. The third kappa shape index (κ3) is 4.74. The molecule has 1 aliphatic rings. The number of ether oxygens (including phenoxy) is 1. The summed E-state index contributed by atoms with van der Waals surface area (Å²) in [7, 11) is 0. The molecule has 3 rings (SSSR count). The number of aryl methyl sites for hydroxylation is 1. The lowest BCUT2D eigenvalue weighted by molar-refractivity contribution is -0.139. The van der Waals surface area contributed by atoms with Crippen molar-refractivity contribution < 1.29 is 24.2 Å². The summed E-state index contributed by atoms with van der Waals surface area (Å²) in [5.74, 6) is -1.24. The first-order chi connectivity index (χ1) is 13.3. The van der Waals surface area contributed by atoms with E-state index in [1.54, 1.807) is 18.2 Å². The summed E-state index contributed by atoms with van der Waals surface area (Å²) in [5.41, 5.74) is 2.58. The van der Waals surface area contributed by atoms with Gasteiger partial charge in [0.2, 0.25) is 0 Å². The topological polar surface area (TPSA) is 83.9 Å². The van der Waals surface area contributed by atoms with Gasteiger partial charge in [-0.25, -0.2) is 4.79 Å². The molecule has 2 aromatic carbocycles. The highest BCUT2D eigenvalue weighted by atomic mass is 35.5. The van der Waals surface area contributed by atoms with E-state index in [1.165, 1.54) is 11.0 Å². The number of rotatable bonds is 6. The van der Waals surface area contributed by atoms with E-state index in [4.69, 9.17) is 21.4 Å². The molecule has 1 aliphatic heterocycles. The highest BCUT2D eigenvalue weighted by Crippen LogP contribution is 2.34. The Labute approximate surface area is 170 Å². The minimum absolute atomic E-state index is 0.213. The molecular formula is C20H16ClNO5S.